The Morgan fingerprint density at radius 2 is 2.22 bits per heavy atom. The van der Waals surface area contributed by atoms with Crippen molar-refractivity contribution < 1.29 is 4.79 Å². The van der Waals surface area contributed by atoms with Crippen LogP contribution >= 0.6 is 0 Å². The van der Waals surface area contributed by atoms with Crippen LogP contribution in [0.2, 0.25) is 0 Å². The maximum absolute atomic E-state index is 12.0. The average Bonchev–Trinajstić information content (AvgIpc) is 2.60. The number of carbonyl (C=O) groups excluding carboxylic acids is 1. The molecule has 1 aromatic heterocycles. The summed E-state index contributed by atoms with van der Waals surface area (Å²) < 4.78 is 0. The number of likely N-dealkylation sites (tertiary alicyclic amines) is 1. The van der Waals surface area contributed by atoms with Crippen LogP contribution in [0, 0.1) is 11.3 Å². The molecule has 1 unspecified atom stereocenters. The molecule has 2 rings (SSSR count). The number of hydrogen-bond acceptors (Lipinski definition) is 3. The molecule has 1 aliphatic heterocycles. The minimum atomic E-state index is 0.182. The standard InChI is InChI=1S/C14H21N3O/c1-14(2,3)11-7-13(18)17(9-11)8-10-4-5-16-12(15)6-10/h4-6,11H,7-9H2,1-3H3,(H2,15,16). The predicted octanol–water partition coefficient (Wildman–Crippen LogP) is 2.06. The summed E-state index contributed by atoms with van der Waals surface area (Å²) in [5.74, 6) is 1.18. The number of nitrogen functional groups attached to an aromatic ring is 1. The number of nitrogens with two attached hydrogens (primary N) is 1. The fourth-order valence-corrected chi connectivity index (χ4v) is 2.32. The molecular formula is C14H21N3O. The largest absolute Gasteiger partial charge is 0.384 e. The Kier molecular flexibility index (Phi) is 3.28. The van der Waals surface area contributed by atoms with Crippen molar-refractivity contribution in [1.29, 1.82) is 0 Å². The van der Waals surface area contributed by atoms with Crippen LogP contribution in [0.5, 0.6) is 0 Å². The maximum Gasteiger partial charge on any atom is 0.223 e. The number of carbonyl (C=O) groups is 1. The number of nitrogens with zero attached hydrogens (tertiary/aromatic N) is 2. The summed E-state index contributed by atoms with van der Waals surface area (Å²) in [5, 5.41) is 0. The van der Waals surface area contributed by atoms with Gasteiger partial charge in [-0.15, -0.1) is 0 Å². The first-order chi connectivity index (χ1) is 8.36. The monoisotopic (exact) mass is 247 g/mol. The smallest absolute Gasteiger partial charge is 0.223 e. The van der Waals surface area contributed by atoms with Gasteiger partial charge in [0.25, 0.3) is 0 Å². The number of aromatic nitrogens is 1. The molecule has 0 saturated carbocycles. The van der Waals surface area contributed by atoms with Crippen LogP contribution in [0.1, 0.15) is 32.8 Å². The SMILES string of the molecule is CC(C)(C)C1CC(=O)N(Cc2ccnc(N)c2)C1. The zero-order chi connectivity index (χ0) is 13.3. The summed E-state index contributed by atoms with van der Waals surface area (Å²) in [5.41, 5.74) is 6.88. The van der Waals surface area contributed by atoms with E-state index in [0.717, 1.165) is 12.1 Å². The molecule has 0 radical (unpaired) electrons. The second-order valence-corrected chi connectivity index (χ2v) is 6.13. The second kappa shape index (κ2) is 4.59. The first-order valence-corrected chi connectivity index (χ1v) is 6.34. The molecule has 18 heavy (non-hydrogen) atoms. The van der Waals surface area contributed by atoms with Gasteiger partial charge in [0.1, 0.15) is 5.82 Å². The molecule has 1 aliphatic rings. The summed E-state index contributed by atoms with van der Waals surface area (Å²) in [6.07, 6.45) is 2.34. The molecule has 2 heterocycles. The van der Waals surface area contributed by atoms with Crippen molar-refractivity contribution in [3.63, 3.8) is 0 Å². The molecule has 1 atom stereocenters. The number of pyridine rings is 1. The number of anilines is 1. The molecule has 0 aromatic carbocycles. The molecule has 2 N–H and O–H groups in total. The van der Waals surface area contributed by atoms with Crippen LogP contribution in [0.4, 0.5) is 5.82 Å². The molecule has 1 saturated heterocycles. The van der Waals surface area contributed by atoms with E-state index in [1.165, 1.54) is 0 Å². The zero-order valence-corrected chi connectivity index (χ0v) is 11.3. The number of hydrogen-bond donors (Lipinski definition) is 1. The van der Waals surface area contributed by atoms with Gasteiger partial charge in [0, 0.05) is 25.7 Å². The Morgan fingerprint density at radius 3 is 2.78 bits per heavy atom. The molecule has 1 aromatic rings. The third-order valence-corrected chi connectivity index (χ3v) is 3.66. The predicted molar refractivity (Wildman–Crippen MR) is 71.6 cm³/mol. The summed E-state index contributed by atoms with van der Waals surface area (Å²) in [7, 11) is 0. The van der Waals surface area contributed by atoms with Gasteiger partial charge in [-0.05, 0) is 29.0 Å². The molecular weight excluding hydrogens is 226 g/mol. The first kappa shape index (κ1) is 12.9. The fourth-order valence-electron chi connectivity index (χ4n) is 2.32. The van der Waals surface area contributed by atoms with Gasteiger partial charge >= 0.3 is 0 Å². The highest BCUT2D eigenvalue weighted by Crippen LogP contribution is 2.34. The number of amides is 1. The summed E-state index contributed by atoms with van der Waals surface area (Å²) in [6.45, 7) is 8.05. The molecule has 0 aliphatic carbocycles. The Hall–Kier alpha value is -1.58. The van der Waals surface area contributed by atoms with Crippen molar-refractivity contribution in [2.24, 2.45) is 11.3 Å². The average molecular weight is 247 g/mol. The van der Waals surface area contributed by atoms with E-state index in [4.69, 9.17) is 5.73 Å². The van der Waals surface area contributed by atoms with E-state index in [0.29, 0.717) is 24.7 Å². The summed E-state index contributed by atoms with van der Waals surface area (Å²) >= 11 is 0. The van der Waals surface area contributed by atoms with E-state index < -0.39 is 0 Å². The number of rotatable bonds is 2. The molecule has 4 nitrogen and oxygen atoms in total. The van der Waals surface area contributed by atoms with Gasteiger partial charge in [-0.25, -0.2) is 4.98 Å². The lowest BCUT2D eigenvalue weighted by atomic mass is 9.80. The maximum atomic E-state index is 12.0. The minimum Gasteiger partial charge on any atom is -0.384 e. The van der Waals surface area contributed by atoms with Crippen molar-refractivity contribution in [3.05, 3.63) is 23.9 Å². The summed E-state index contributed by atoms with van der Waals surface area (Å²) in [6, 6.07) is 3.74. The van der Waals surface area contributed by atoms with E-state index in [-0.39, 0.29) is 11.3 Å². The zero-order valence-electron chi connectivity index (χ0n) is 11.3. The third-order valence-electron chi connectivity index (χ3n) is 3.66. The van der Waals surface area contributed by atoms with Crippen molar-refractivity contribution in [2.45, 2.75) is 33.7 Å². The van der Waals surface area contributed by atoms with E-state index >= 15 is 0 Å². The Balaban J connectivity index is 2.05. The lowest BCUT2D eigenvalue weighted by Crippen LogP contribution is -2.27. The Bertz CT molecular complexity index is 451. The van der Waals surface area contributed by atoms with Gasteiger partial charge < -0.3 is 10.6 Å². The van der Waals surface area contributed by atoms with Gasteiger partial charge in [0.05, 0.1) is 0 Å². The lowest BCUT2D eigenvalue weighted by Gasteiger charge is -2.26. The van der Waals surface area contributed by atoms with Gasteiger partial charge in [-0.1, -0.05) is 20.8 Å². The van der Waals surface area contributed by atoms with Gasteiger partial charge in [-0.2, -0.15) is 0 Å². The topological polar surface area (TPSA) is 59.2 Å². The molecule has 98 valence electrons. The van der Waals surface area contributed by atoms with E-state index in [2.05, 4.69) is 25.8 Å². The minimum absolute atomic E-state index is 0.182. The van der Waals surface area contributed by atoms with Crippen LogP contribution in [0.25, 0.3) is 0 Å². The van der Waals surface area contributed by atoms with Crippen LogP contribution in [0.3, 0.4) is 0 Å². The Morgan fingerprint density at radius 1 is 1.50 bits per heavy atom. The van der Waals surface area contributed by atoms with Gasteiger partial charge in [-0.3, -0.25) is 4.79 Å². The van der Waals surface area contributed by atoms with Gasteiger partial charge in [0.2, 0.25) is 5.91 Å². The molecule has 1 fully saturated rings. The van der Waals surface area contributed by atoms with Crippen LogP contribution in [-0.4, -0.2) is 22.3 Å². The molecule has 0 bridgehead atoms. The highest BCUT2D eigenvalue weighted by atomic mass is 16.2. The van der Waals surface area contributed by atoms with Crippen molar-refractivity contribution >= 4 is 11.7 Å². The quantitative estimate of drug-likeness (QED) is 0.870. The molecule has 0 spiro atoms. The summed E-state index contributed by atoms with van der Waals surface area (Å²) in [4.78, 5) is 17.9. The fraction of sp³-hybridized carbons (Fsp3) is 0.571. The van der Waals surface area contributed by atoms with Crippen molar-refractivity contribution in [1.82, 2.24) is 9.88 Å². The highest BCUT2D eigenvalue weighted by Gasteiger charge is 2.36. The van der Waals surface area contributed by atoms with Gasteiger partial charge in [0.15, 0.2) is 0 Å². The molecule has 1 amide bonds. The van der Waals surface area contributed by atoms with E-state index in [9.17, 15) is 4.79 Å². The van der Waals surface area contributed by atoms with Crippen molar-refractivity contribution in [3.8, 4) is 0 Å². The molecule has 4 heteroatoms. The first-order valence-electron chi connectivity index (χ1n) is 6.34. The Labute approximate surface area is 108 Å². The lowest BCUT2D eigenvalue weighted by molar-refractivity contribution is -0.128. The normalized spacial score (nSPS) is 20.5. The van der Waals surface area contributed by atoms with Crippen LogP contribution < -0.4 is 5.73 Å². The highest BCUT2D eigenvalue weighted by molar-refractivity contribution is 5.78. The van der Waals surface area contributed by atoms with E-state index in [1.807, 2.05) is 17.0 Å². The van der Waals surface area contributed by atoms with E-state index in [1.54, 1.807) is 6.20 Å². The van der Waals surface area contributed by atoms with Crippen molar-refractivity contribution in [2.75, 3.05) is 12.3 Å². The second-order valence-electron chi connectivity index (χ2n) is 6.13. The van der Waals surface area contributed by atoms with Crippen LogP contribution in [-0.2, 0) is 11.3 Å². The van der Waals surface area contributed by atoms with Crippen LogP contribution in [0.15, 0.2) is 18.3 Å². The third kappa shape index (κ3) is 2.81.